The van der Waals surface area contributed by atoms with Crippen molar-refractivity contribution in [2.24, 2.45) is 5.92 Å². The zero-order chi connectivity index (χ0) is 17.5. The van der Waals surface area contributed by atoms with Crippen molar-refractivity contribution < 1.29 is 14.0 Å². The summed E-state index contributed by atoms with van der Waals surface area (Å²) in [5.74, 6) is 0.0167. The van der Waals surface area contributed by atoms with Crippen molar-refractivity contribution >= 4 is 5.97 Å². The molecule has 134 valence electrons. The second-order valence-electron chi connectivity index (χ2n) is 7.42. The molecule has 2 aliphatic rings. The molecule has 2 unspecified atom stereocenters. The number of allylic oxidation sites excluding steroid dienone is 2. The van der Waals surface area contributed by atoms with E-state index in [1.807, 2.05) is 36.4 Å². The minimum atomic E-state index is -0.175. The van der Waals surface area contributed by atoms with Gasteiger partial charge in [0.1, 0.15) is 13.2 Å². The molecule has 1 fully saturated rings. The maximum absolute atomic E-state index is 12.9. The molecule has 0 N–H and O–H groups in total. The van der Waals surface area contributed by atoms with Gasteiger partial charge in [0.25, 0.3) is 0 Å². The lowest BCUT2D eigenvalue weighted by molar-refractivity contribution is -0.911. The van der Waals surface area contributed by atoms with Gasteiger partial charge >= 0.3 is 5.97 Å². The molecule has 0 bridgehead atoms. The van der Waals surface area contributed by atoms with Gasteiger partial charge < -0.3 is 9.22 Å². The summed E-state index contributed by atoms with van der Waals surface area (Å²) in [6, 6.07) is 10.1. The van der Waals surface area contributed by atoms with Crippen molar-refractivity contribution in [1.29, 1.82) is 0 Å². The molecule has 1 heterocycles. The predicted molar refractivity (Wildman–Crippen MR) is 101 cm³/mol. The van der Waals surface area contributed by atoms with E-state index in [1.165, 1.54) is 25.9 Å². The molecule has 3 rings (SSSR count). The second kappa shape index (κ2) is 8.48. The minimum absolute atomic E-state index is 0.0706. The van der Waals surface area contributed by atoms with Gasteiger partial charge in [-0.25, -0.2) is 0 Å². The van der Waals surface area contributed by atoms with Crippen LogP contribution >= 0.6 is 0 Å². The summed E-state index contributed by atoms with van der Waals surface area (Å²) in [6.45, 7) is 8.64. The fraction of sp³-hybridized carbons (Fsp3) is 0.500. The van der Waals surface area contributed by atoms with Gasteiger partial charge in [-0.3, -0.25) is 4.79 Å². The van der Waals surface area contributed by atoms with Crippen LogP contribution in [0.4, 0.5) is 0 Å². The Morgan fingerprint density at radius 1 is 1.28 bits per heavy atom. The van der Waals surface area contributed by atoms with Crippen LogP contribution in [0, 0.1) is 5.92 Å². The molecule has 3 heteroatoms. The molecule has 1 aliphatic heterocycles. The number of ether oxygens (including phenoxy) is 1. The summed E-state index contributed by atoms with van der Waals surface area (Å²) in [4.78, 5) is 12.9. The lowest BCUT2D eigenvalue weighted by atomic mass is 9.85. The number of esters is 1. The van der Waals surface area contributed by atoms with Crippen molar-refractivity contribution in [2.75, 3.05) is 32.8 Å². The van der Waals surface area contributed by atoms with Crippen LogP contribution in [0.1, 0.15) is 37.2 Å². The lowest BCUT2D eigenvalue weighted by Crippen LogP contribution is -2.47. The van der Waals surface area contributed by atoms with Crippen molar-refractivity contribution in [3.8, 4) is 0 Å². The Kier molecular flexibility index (Phi) is 6.09. The van der Waals surface area contributed by atoms with Crippen LogP contribution in [0.2, 0.25) is 0 Å². The van der Waals surface area contributed by atoms with Gasteiger partial charge in [-0.15, -0.1) is 0 Å². The van der Waals surface area contributed by atoms with Crippen LogP contribution < -0.4 is 0 Å². The first-order valence-corrected chi connectivity index (χ1v) is 9.58. The van der Waals surface area contributed by atoms with Gasteiger partial charge in [0.05, 0.1) is 25.6 Å². The number of likely N-dealkylation sites (tertiary alicyclic amines) is 1. The number of rotatable bonds is 8. The molecule has 0 radical (unpaired) electrons. The summed E-state index contributed by atoms with van der Waals surface area (Å²) in [5.41, 5.74) is 1.07. The average molecular weight is 340 g/mol. The molecule has 0 amide bonds. The molecular weight excluding hydrogens is 310 g/mol. The van der Waals surface area contributed by atoms with E-state index in [9.17, 15) is 4.79 Å². The van der Waals surface area contributed by atoms with Crippen LogP contribution in [0.25, 0.3) is 0 Å². The third-order valence-corrected chi connectivity index (χ3v) is 5.73. The minimum Gasteiger partial charge on any atom is -0.459 e. The first-order chi connectivity index (χ1) is 12.2. The third-order valence-electron chi connectivity index (χ3n) is 5.73. The molecule has 1 aromatic rings. The summed E-state index contributed by atoms with van der Waals surface area (Å²) in [7, 11) is 0. The zero-order valence-electron chi connectivity index (χ0n) is 15.1. The number of carbonyl (C=O) groups is 1. The Bertz CT molecular complexity index is 602. The quantitative estimate of drug-likeness (QED) is 0.405. The SMILES string of the molecule is C=CC[N+]1(CCOC(=O)C(c2ccccc2)C2C=CCC2)CCCC1. The molecule has 1 saturated heterocycles. The van der Waals surface area contributed by atoms with E-state index in [-0.39, 0.29) is 17.8 Å². The Morgan fingerprint density at radius 3 is 2.68 bits per heavy atom. The van der Waals surface area contributed by atoms with Crippen LogP contribution in [0.5, 0.6) is 0 Å². The smallest absolute Gasteiger partial charge is 0.314 e. The van der Waals surface area contributed by atoms with Crippen molar-refractivity contribution in [2.45, 2.75) is 31.6 Å². The highest BCUT2D eigenvalue weighted by atomic mass is 16.5. The number of carbonyl (C=O) groups excluding carboxylic acids is 1. The van der Waals surface area contributed by atoms with Gasteiger partial charge in [0.15, 0.2) is 0 Å². The van der Waals surface area contributed by atoms with Crippen molar-refractivity contribution in [3.63, 3.8) is 0 Å². The van der Waals surface area contributed by atoms with Gasteiger partial charge in [0.2, 0.25) is 0 Å². The molecule has 0 saturated carbocycles. The fourth-order valence-electron chi connectivity index (χ4n) is 4.36. The topological polar surface area (TPSA) is 26.3 Å². The van der Waals surface area contributed by atoms with Crippen LogP contribution in [-0.4, -0.2) is 43.2 Å². The van der Waals surface area contributed by atoms with E-state index in [0.29, 0.717) is 6.61 Å². The standard InChI is InChI=1S/C22H30NO2/c1-2-14-23(15-8-9-16-23)17-18-25-22(24)21(20-12-6-7-13-20)19-10-4-3-5-11-19/h2-6,10-12,20-21H,1,7-9,13-18H2/q+1. The molecule has 25 heavy (non-hydrogen) atoms. The van der Waals surface area contributed by atoms with Gasteiger partial charge in [-0.1, -0.05) is 49.1 Å². The number of nitrogens with zero attached hydrogens (tertiary/aromatic N) is 1. The highest BCUT2D eigenvalue weighted by Crippen LogP contribution is 2.34. The van der Waals surface area contributed by atoms with Gasteiger partial charge in [0, 0.05) is 12.8 Å². The summed E-state index contributed by atoms with van der Waals surface area (Å²) >= 11 is 0. The lowest BCUT2D eigenvalue weighted by Gasteiger charge is -2.33. The normalized spacial score (nSPS) is 22.6. The van der Waals surface area contributed by atoms with E-state index >= 15 is 0 Å². The Hall–Kier alpha value is -1.87. The molecule has 3 nitrogen and oxygen atoms in total. The molecule has 2 atom stereocenters. The summed E-state index contributed by atoms with van der Waals surface area (Å²) < 4.78 is 6.81. The second-order valence-corrected chi connectivity index (χ2v) is 7.42. The Morgan fingerprint density at radius 2 is 2.04 bits per heavy atom. The van der Waals surface area contributed by atoms with Crippen LogP contribution in [0.15, 0.2) is 55.1 Å². The largest absolute Gasteiger partial charge is 0.459 e. The Labute approximate surface area is 151 Å². The monoisotopic (exact) mass is 340 g/mol. The Balaban J connectivity index is 1.62. The number of hydrogen-bond acceptors (Lipinski definition) is 2. The van der Waals surface area contributed by atoms with Crippen LogP contribution in [0.3, 0.4) is 0 Å². The van der Waals surface area contributed by atoms with Gasteiger partial charge in [-0.2, -0.15) is 0 Å². The number of quaternary nitrogens is 1. The number of benzene rings is 1. The highest BCUT2D eigenvalue weighted by molar-refractivity contribution is 5.79. The van der Waals surface area contributed by atoms with E-state index in [2.05, 4.69) is 18.7 Å². The maximum atomic E-state index is 12.9. The highest BCUT2D eigenvalue weighted by Gasteiger charge is 2.33. The summed E-state index contributed by atoms with van der Waals surface area (Å²) in [6.07, 6.45) is 11.0. The number of hydrogen-bond donors (Lipinski definition) is 0. The molecular formula is C22H30NO2+. The van der Waals surface area contributed by atoms with Crippen molar-refractivity contribution in [3.05, 3.63) is 60.7 Å². The average Bonchev–Trinajstić information content (AvgIpc) is 3.29. The maximum Gasteiger partial charge on any atom is 0.314 e. The molecule has 0 aromatic heterocycles. The van der Waals surface area contributed by atoms with E-state index < -0.39 is 0 Å². The molecule has 1 aliphatic carbocycles. The predicted octanol–water partition coefficient (Wildman–Crippen LogP) is 4.08. The van der Waals surface area contributed by atoms with Crippen LogP contribution in [-0.2, 0) is 9.53 Å². The summed E-state index contributed by atoms with van der Waals surface area (Å²) in [5, 5.41) is 0. The van der Waals surface area contributed by atoms with Gasteiger partial charge in [-0.05, 0) is 30.4 Å². The molecule has 0 spiro atoms. The molecule has 1 aromatic carbocycles. The van der Waals surface area contributed by atoms with E-state index in [4.69, 9.17) is 4.74 Å². The zero-order valence-corrected chi connectivity index (χ0v) is 15.1. The van der Waals surface area contributed by atoms with E-state index in [1.54, 1.807) is 0 Å². The fourth-order valence-corrected chi connectivity index (χ4v) is 4.36. The van der Waals surface area contributed by atoms with E-state index in [0.717, 1.165) is 36.0 Å². The third kappa shape index (κ3) is 4.40. The first-order valence-electron chi connectivity index (χ1n) is 9.58. The van der Waals surface area contributed by atoms with Crippen molar-refractivity contribution in [1.82, 2.24) is 0 Å². The first kappa shape index (κ1) is 17.9.